The Bertz CT molecular complexity index is 730. The number of hydrogen-bond acceptors (Lipinski definition) is 1. The molecular formula is C15H10ClNO. The van der Waals surface area contributed by atoms with Gasteiger partial charge in [0, 0.05) is 33.2 Å². The van der Waals surface area contributed by atoms with Gasteiger partial charge in [0.2, 0.25) is 0 Å². The van der Waals surface area contributed by atoms with Gasteiger partial charge in [-0.3, -0.25) is 4.79 Å². The van der Waals surface area contributed by atoms with Crippen LogP contribution >= 0.6 is 11.6 Å². The van der Waals surface area contributed by atoms with Crippen LogP contribution in [-0.2, 0) is 0 Å². The maximum atomic E-state index is 11.0. The van der Waals surface area contributed by atoms with Crippen molar-refractivity contribution in [2.75, 3.05) is 0 Å². The lowest BCUT2D eigenvalue weighted by Gasteiger charge is -2.04. The first kappa shape index (κ1) is 11.1. The van der Waals surface area contributed by atoms with E-state index in [1.165, 1.54) is 0 Å². The number of carbonyl (C=O) groups excluding carboxylic acids is 1. The number of aldehydes is 1. The van der Waals surface area contributed by atoms with E-state index >= 15 is 0 Å². The van der Waals surface area contributed by atoms with Crippen molar-refractivity contribution in [1.29, 1.82) is 0 Å². The third-order valence-corrected chi connectivity index (χ3v) is 3.36. The van der Waals surface area contributed by atoms with Gasteiger partial charge in [0.1, 0.15) is 0 Å². The molecule has 0 amide bonds. The van der Waals surface area contributed by atoms with Crippen molar-refractivity contribution in [3.8, 4) is 11.1 Å². The first-order valence-electron chi connectivity index (χ1n) is 5.61. The molecule has 0 bridgehead atoms. The lowest BCUT2D eigenvalue weighted by atomic mass is 10.0. The third kappa shape index (κ3) is 1.71. The smallest absolute Gasteiger partial charge is 0.152 e. The first-order valence-corrected chi connectivity index (χ1v) is 5.98. The Balaban J connectivity index is 2.24. The van der Waals surface area contributed by atoms with Crippen LogP contribution in [0.2, 0.25) is 5.02 Å². The van der Waals surface area contributed by atoms with E-state index in [1.807, 2.05) is 42.5 Å². The molecule has 3 heteroatoms. The summed E-state index contributed by atoms with van der Waals surface area (Å²) in [6, 6.07) is 13.6. The number of H-pyrrole nitrogens is 1. The van der Waals surface area contributed by atoms with Crippen LogP contribution in [0.3, 0.4) is 0 Å². The predicted octanol–water partition coefficient (Wildman–Crippen LogP) is 4.30. The summed E-state index contributed by atoms with van der Waals surface area (Å²) in [5.41, 5.74) is 3.60. The van der Waals surface area contributed by atoms with Gasteiger partial charge in [-0.05, 0) is 23.8 Å². The molecule has 0 unspecified atom stereocenters. The quantitative estimate of drug-likeness (QED) is 0.681. The van der Waals surface area contributed by atoms with Crippen LogP contribution in [0.1, 0.15) is 10.4 Å². The Labute approximate surface area is 109 Å². The molecule has 0 spiro atoms. The van der Waals surface area contributed by atoms with Crippen molar-refractivity contribution in [1.82, 2.24) is 4.98 Å². The van der Waals surface area contributed by atoms with E-state index in [0.717, 1.165) is 28.3 Å². The topological polar surface area (TPSA) is 32.9 Å². The minimum absolute atomic E-state index is 0.666. The Morgan fingerprint density at radius 1 is 1.11 bits per heavy atom. The summed E-state index contributed by atoms with van der Waals surface area (Å²) in [6.45, 7) is 0. The van der Waals surface area contributed by atoms with E-state index in [9.17, 15) is 4.79 Å². The summed E-state index contributed by atoms with van der Waals surface area (Å²) in [6.07, 6.45) is 2.57. The SMILES string of the molecule is O=Cc1c[nH]c2ccc(-c3ccccc3Cl)cc12. The van der Waals surface area contributed by atoms with Crippen LogP contribution in [0.4, 0.5) is 0 Å². The van der Waals surface area contributed by atoms with E-state index in [2.05, 4.69) is 4.98 Å². The second-order valence-corrected chi connectivity index (χ2v) is 4.51. The zero-order valence-corrected chi connectivity index (χ0v) is 10.2. The number of halogens is 1. The molecule has 1 heterocycles. The summed E-state index contributed by atoms with van der Waals surface area (Å²) in [5, 5.41) is 1.63. The molecular weight excluding hydrogens is 246 g/mol. The molecule has 2 aromatic carbocycles. The number of aromatic nitrogens is 1. The molecule has 18 heavy (non-hydrogen) atoms. The van der Waals surface area contributed by atoms with Gasteiger partial charge in [-0.2, -0.15) is 0 Å². The summed E-state index contributed by atoms with van der Waals surface area (Å²) >= 11 is 6.18. The second-order valence-electron chi connectivity index (χ2n) is 4.10. The van der Waals surface area contributed by atoms with Gasteiger partial charge in [0.05, 0.1) is 0 Å². The van der Waals surface area contributed by atoms with E-state index in [-0.39, 0.29) is 0 Å². The fraction of sp³-hybridized carbons (Fsp3) is 0. The highest BCUT2D eigenvalue weighted by molar-refractivity contribution is 6.33. The van der Waals surface area contributed by atoms with Crippen LogP contribution in [0, 0.1) is 0 Å². The molecule has 1 aromatic heterocycles. The molecule has 3 rings (SSSR count). The van der Waals surface area contributed by atoms with Gasteiger partial charge in [-0.25, -0.2) is 0 Å². The lowest BCUT2D eigenvalue weighted by Crippen LogP contribution is -1.81. The van der Waals surface area contributed by atoms with Crippen LogP contribution in [0.5, 0.6) is 0 Å². The van der Waals surface area contributed by atoms with E-state index < -0.39 is 0 Å². The van der Waals surface area contributed by atoms with Crippen LogP contribution in [0.25, 0.3) is 22.0 Å². The van der Waals surface area contributed by atoms with Crippen molar-refractivity contribution in [2.45, 2.75) is 0 Å². The van der Waals surface area contributed by atoms with Crippen molar-refractivity contribution in [3.63, 3.8) is 0 Å². The Morgan fingerprint density at radius 3 is 2.72 bits per heavy atom. The molecule has 0 radical (unpaired) electrons. The lowest BCUT2D eigenvalue weighted by molar-refractivity contribution is 0.112. The fourth-order valence-corrected chi connectivity index (χ4v) is 2.35. The van der Waals surface area contributed by atoms with E-state index in [1.54, 1.807) is 6.20 Å². The van der Waals surface area contributed by atoms with Crippen LogP contribution < -0.4 is 0 Å². The molecule has 0 atom stereocenters. The van der Waals surface area contributed by atoms with Crippen molar-refractivity contribution in [2.24, 2.45) is 0 Å². The molecule has 1 N–H and O–H groups in total. The van der Waals surface area contributed by atoms with Gasteiger partial charge in [-0.1, -0.05) is 35.9 Å². The van der Waals surface area contributed by atoms with Crippen LogP contribution in [0.15, 0.2) is 48.7 Å². The molecule has 0 saturated heterocycles. The number of hydrogen-bond donors (Lipinski definition) is 1. The summed E-state index contributed by atoms with van der Waals surface area (Å²) in [4.78, 5) is 14.0. The number of nitrogens with one attached hydrogen (secondary N) is 1. The van der Waals surface area contributed by atoms with Crippen molar-refractivity contribution >= 4 is 28.8 Å². The highest BCUT2D eigenvalue weighted by Gasteiger charge is 2.07. The highest BCUT2D eigenvalue weighted by Crippen LogP contribution is 2.30. The zero-order chi connectivity index (χ0) is 12.5. The molecule has 0 fully saturated rings. The monoisotopic (exact) mass is 255 g/mol. The molecule has 0 saturated carbocycles. The number of benzene rings is 2. The van der Waals surface area contributed by atoms with Gasteiger partial charge < -0.3 is 4.98 Å². The average Bonchev–Trinajstić information content (AvgIpc) is 2.81. The number of rotatable bonds is 2. The Hall–Kier alpha value is -2.06. The number of aromatic amines is 1. The highest BCUT2D eigenvalue weighted by atomic mass is 35.5. The minimum Gasteiger partial charge on any atom is -0.360 e. The van der Waals surface area contributed by atoms with Gasteiger partial charge in [0.15, 0.2) is 6.29 Å². The molecule has 88 valence electrons. The standard InChI is InChI=1S/C15H10ClNO/c16-14-4-2-1-3-12(14)10-5-6-15-13(7-10)11(9-18)8-17-15/h1-9,17H. The number of fused-ring (bicyclic) bond motifs is 1. The van der Waals surface area contributed by atoms with E-state index in [4.69, 9.17) is 11.6 Å². The molecule has 3 aromatic rings. The van der Waals surface area contributed by atoms with Crippen molar-refractivity contribution in [3.05, 3.63) is 59.2 Å². The zero-order valence-electron chi connectivity index (χ0n) is 9.48. The first-order chi connectivity index (χ1) is 8.79. The molecule has 0 aliphatic rings. The number of carbonyl (C=O) groups is 1. The minimum atomic E-state index is 0.666. The maximum Gasteiger partial charge on any atom is 0.152 e. The summed E-state index contributed by atoms with van der Waals surface area (Å²) in [7, 11) is 0. The third-order valence-electron chi connectivity index (χ3n) is 3.03. The van der Waals surface area contributed by atoms with Gasteiger partial charge in [-0.15, -0.1) is 0 Å². The normalized spacial score (nSPS) is 10.7. The maximum absolute atomic E-state index is 11.0. The fourth-order valence-electron chi connectivity index (χ4n) is 2.10. The molecule has 2 nitrogen and oxygen atoms in total. The van der Waals surface area contributed by atoms with Crippen molar-refractivity contribution < 1.29 is 4.79 Å². The largest absolute Gasteiger partial charge is 0.360 e. The van der Waals surface area contributed by atoms with Gasteiger partial charge in [0.25, 0.3) is 0 Å². The van der Waals surface area contributed by atoms with Crippen LogP contribution in [-0.4, -0.2) is 11.3 Å². The molecule has 0 aliphatic heterocycles. The summed E-state index contributed by atoms with van der Waals surface area (Å²) < 4.78 is 0. The summed E-state index contributed by atoms with van der Waals surface area (Å²) in [5.74, 6) is 0. The average molecular weight is 256 g/mol. The molecule has 0 aliphatic carbocycles. The van der Waals surface area contributed by atoms with Gasteiger partial charge >= 0.3 is 0 Å². The Kier molecular flexibility index (Phi) is 2.65. The predicted molar refractivity (Wildman–Crippen MR) is 74.1 cm³/mol. The Morgan fingerprint density at radius 2 is 1.94 bits per heavy atom. The van der Waals surface area contributed by atoms with E-state index in [0.29, 0.717) is 10.6 Å². The second kappa shape index (κ2) is 4.31.